The van der Waals surface area contributed by atoms with Gasteiger partial charge in [-0.15, -0.1) is 24.0 Å². The third kappa shape index (κ3) is 4.54. The molecule has 0 atom stereocenters. The second kappa shape index (κ2) is 8.57. The number of hydrogen-bond acceptors (Lipinski definition) is 3. The minimum atomic E-state index is 0. The SMILES string of the molecule is Cn1cncc1CN=C(N)N1CCN(c2ccc(Cl)cc2)CC1.I. The lowest BCUT2D eigenvalue weighted by Gasteiger charge is -2.36. The highest BCUT2D eigenvalue weighted by atomic mass is 127. The van der Waals surface area contributed by atoms with E-state index in [4.69, 9.17) is 17.3 Å². The number of benzene rings is 1. The van der Waals surface area contributed by atoms with Crippen molar-refractivity contribution in [2.75, 3.05) is 31.1 Å². The molecule has 1 aromatic heterocycles. The molecule has 2 aromatic rings. The number of aliphatic imine (C=N–C) groups is 1. The summed E-state index contributed by atoms with van der Waals surface area (Å²) in [6.45, 7) is 4.12. The van der Waals surface area contributed by atoms with Gasteiger partial charge >= 0.3 is 0 Å². The van der Waals surface area contributed by atoms with Crippen LogP contribution >= 0.6 is 35.6 Å². The van der Waals surface area contributed by atoms with Crippen LogP contribution in [0.3, 0.4) is 0 Å². The van der Waals surface area contributed by atoms with Crippen LogP contribution < -0.4 is 10.6 Å². The normalized spacial score (nSPS) is 15.3. The standard InChI is InChI=1S/C16H21ClN6.HI/c1-21-12-19-10-15(21)11-20-16(18)23-8-6-22(7-9-23)14-4-2-13(17)3-5-14;/h2-5,10,12H,6-9,11H2,1H3,(H2,18,20);1H. The van der Waals surface area contributed by atoms with Gasteiger partial charge < -0.3 is 20.1 Å². The number of rotatable bonds is 3. The van der Waals surface area contributed by atoms with Crippen LogP contribution in [0.1, 0.15) is 5.69 Å². The van der Waals surface area contributed by atoms with Crippen LogP contribution in [0, 0.1) is 0 Å². The molecule has 130 valence electrons. The highest BCUT2D eigenvalue weighted by Gasteiger charge is 2.18. The zero-order chi connectivity index (χ0) is 16.2. The number of guanidine groups is 1. The van der Waals surface area contributed by atoms with E-state index in [9.17, 15) is 0 Å². The zero-order valence-electron chi connectivity index (χ0n) is 13.6. The Kier molecular flexibility index (Phi) is 6.73. The Morgan fingerprint density at radius 1 is 1.21 bits per heavy atom. The van der Waals surface area contributed by atoms with Crippen molar-refractivity contribution in [3.8, 4) is 0 Å². The Bertz CT molecular complexity index is 676. The van der Waals surface area contributed by atoms with E-state index in [1.807, 2.05) is 29.9 Å². The number of halogens is 2. The first kappa shape index (κ1) is 18.9. The molecule has 1 aliphatic heterocycles. The minimum Gasteiger partial charge on any atom is -0.370 e. The van der Waals surface area contributed by atoms with E-state index in [2.05, 4.69) is 31.9 Å². The van der Waals surface area contributed by atoms with E-state index >= 15 is 0 Å². The maximum Gasteiger partial charge on any atom is 0.191 e. The molecule has 0 bridgehead atoms. The van der Waals surface area contributed by atoms with Crippen LogP contribution in [0.2, 0.25) is 5.02 Å². The molecule has 0 unspecified atom stereocenters. The molecular weight excluding hydrogens is 439 g/mol. The highest BCUT2D eigenvalue weighted by Crippen LogP contribution is 2.19. The quantitative estimate of drug-likeness (QED) is 0.434. The van der Waals surface area contributed by atoms with Crippen molar-refractivity contribution in [3.05, 3.63) is 47.5 Å². The third-order valence-electron chi connectivity index (χ3n) is 4.11. The molecule has 0 saturated carbocycles. The van der Waals surface area contributed by atoms with Gasteiger partial charge in [-0.05, 0) is 24.3 Å². The second-order valence-electron chi connectivity index (χ2n) is 5.62. The van der Waals surface area contributed by atoms with Gasteiger partial charge in [0.15, 0.2) is 5.96 Å². The average molecular weight is 461 g/mol. The van der Waals surface area contributed by atoms with Crippen molar-refractivity contribution in [2.24, 2.45) is 17.8 Å². The summed E-state index contributed by atoms with van der Waals surface area (Å²) >= 11 is 5.94. The summed E-state index contributed by atoms with van der Waals surface area (Å²) in [6.07, 6.45) is 3.58. The number of aromatic nitrogens is 2. The van der Waals surface area contributed by atoms with Gasteiger partial charge in [-0.25, -0.2) is 9.98 Å². The van der Waals surface area contributed by atoms with E-state index in [0.717, 1.165) is 36.9 Å². The molecule has 8 heteroatoms. The summed E-state index contributed by atoms with van der Waals surface area (Å²) in [6, 6.07) is 7.95. The van der Waals surface area contributed by atoms with Gasteiger partial charge in [-0.3, -0.25) is 0 Å². The lowest BCUT2D eigenvalue weighted by molar-refractivity contribution is 0.380. The molecule has 2 heterocycles. The molecular formula is C16H22ClIN6. The Morgan fingerprint density at radius 2 is 1.88 bits per heavy atom. The average Bonchev–Trinajstić information content (AvgIpc) is 2.99. The lowest BCUT2D eigenvalue weighted by atomic mass is 10.2. The van der Waals surface area contributed by atoms with Gasteiger partial charge in [0.05, 0.1) is 24.8 Å². The van der Waals surface area contributed by atoms with E-state index in [0.29, 0.717) is 12.5 Å². The maximum absolute atomic E-state index is 6.13. The molecule has 0 radical (unpaired) electrons. The summed E-state index contributed by atoms with van der Waals surface area (Å²) in [7, 11) is 1.96. The van der Waals surface area contributed by atoms with Crippen LogP contribution in [-0.4, -0.2) is 46.6 Å². The number of piperazine rings is 1. The lowest BCUT2D eigenvalue weighted by Crippen LogP contribution is -2.51. The molecule has 0 spiro atoms. The molecule has 1 aromatic carbocycles. The maximum atomic E-state index is 6.13. The Labute approximate surface area is 164 Å². The zero-order valence-corrected chi connectivity index (χ0v) is 16.7. The Hall–Kier alpha value is -1.48. The fourth-order valence-electron chi connectivity index (χ4n) is 2.64. The number of anilines is 1. The first-order chi connectivity index (χ1) is 11.1. The molecule has 0 amide bonds. The fourth-order valence-corrected chi connectivity index (χ4v) is 2.77. The molecule has 3 rings (SSSR count). The molecule has 1 aliphatic rings. The van der Waals surface area contributed by atoms with Crippen molar-refractivity contribution in [2.45, 2.75) is 6.54 Å². The van der Waals surface area contributed by atoms with Crippen molar-refractivity contribution >= 4 is 47.2 Å². The van der Waals surface area contributed by atoms with E-state index < -0.39 is 0 Å². The van der Waals surface area contributed by atoms with Crippen molar-refractivity contribution < 1.29 is 0 Å². The van der Waals surface area contributed by atoms with Gasteiger partial charge in [-0.2, -0.15) is 0 Å². The third-order valence-corrected chi connectivity index (χ3v) is 4.37. The molecule has 0 aliphatic carbocycles. The summed E-state index contributed by atoms with van der Waals surface area (Å²) in [5, 5.41) is 0.763. The van der Waals surface area contributed by atoms with Gasteiger partial charge in [-0.1, -0.05) is 11.6 Å². The fraction of sp³-hybridized carbons (Fsp3) is 0.375. The van der Waals surface area contributed by atoms with Crippen LogP contribution in [-0.2, 0) is 13.6 Å². The highest BCUT2D eigenvalue weighted by molar-refractivity contribution is 14.0. The van der Waals surface area contributed by atoms with E-state index in [-0.39, 0.29) is 24.0 Å². The molecule has 24 heavy (non-hydrogen) atoms. The van der Waals surface area contributed by atoms with Gasteiger partial charge in [0.2, 0.25) is 0 Å². The monoisotopic (exact) mass is 460 g/mol. The van der Waals surface area contributed by atoms with Crippen molar-refractivity contribution in [3.63, 3.8) is 0 Å². The molecule has 2 N–H and O–H groups in total. The molecule has 6 nitrogen and oxygen atoms in total. The summed E-state index contributed by atoms with van der Waals surface area (Å²) in [5.41, 5.74) is 8.37. The first-order valence-electron chi connectivity index (χ1n) is 7.64. The number of nitrogens with zero attached hydrogens (tertiary/aromatic N) is 5. The van der Waals surface area contributed by atoms with Crippen molar-refractivity contribution in [1.82, 2.24) is 14.5 Å². The summed E-state index contributed by atoms with van der Waals surface area (Å²) < 4.78 is 1.95. The van der Waals surface area contributed by atoms with Crippen LogP contribution in [0.25, 0.3) is 0 Å². The second-order valence-corrected chi connectivity index (χ2v) is 6.06. The molecule has 1 saturated heterocycles. The van der Waals surface area contributed by atoms with Crippen LogP contribution in [0.15, 0.2) is 41.8 Å². The number of imidazole rings is 1. The smallest absolute Gasteiger partial charge is 0.191 e. The number of aryl methyl sites for hydroxylation is 1. The number of hydrogen-bond donors (Lipinski definition) is 1. The molecule has 1 fully saturated rings. The van der Waals surface area contributed by atoms with Crippen molar-refractivity contribution in [1.29, 1.82) is 0 Å². The van der Waals surface area contributed by atoms with E-state index in [1.165, 1.54) is 5.69 Å². The minimum absolute atomic E-state index is 0. The Morgan fingerprint density at radius 3 is 2.46 bits per heavy atom. The van der Waals surface area contributed by atoms with Gasteiger partial charge in [0, 0.05) is 43.9 Å². The van der Waals surface area contributed by atoms with E-state index in [1.54, 1.807) is 6.33 Å². The topological polar surface area (TPSA) is 62.7 Å². The van der Waals surface area contributed by atoms with Crippen LogP contribution in [0.4, 0.5) is 5.69 Å². The van der Waals surface area contributed by atoms with Gasteiger partial charge in [0.1, 0.15) is 0 Å². The predicted molar refractivity (Wildman–Crippen MR) is 109 cm³/mol. The predicted octanol–water partition coefficient (Wildman–Crippen LogP) is 2.33. The Balaban J connectivity index is 0.00000208. The summed E-state index contributed by atoms with van der Waals surface area (Å²) in [5.74, 6) is 0.599. The largest absolute Gasteiger partial charge is 0.370 e. The van der Waals surface area contributed by atoms with Crippen LogP contribution in [0.5, 0.6) is 0 Å². The first-order valence-corrected chi connectivity index (χ1v) is 8.02. The van der Waals surface area contributed by atoms with Gasteiger partial charge in [0.25, 0.3) is 0 Å². The summed E-state index contributed by atoms with van der Waals surface area (Å²) in [4.78, 5) is 13.0. The number of nitrogens with two attached hydrogens (primary N) is 1.